The second kappa shape index (κ2) is 7.09. The van der Waals surface area contributed by atoms with Gasteiger partial charge in [-0.2, -0.15) is 0 Å². The van der Waals surface area contributed by atoms with Crippen LogP contribution >= 0.6 is 11.8 Å². The minimum atomic E-state index is -0.410. The van der Waals surface area contributed by atoms with Gasteiger partial charge in [0.05, 0.1) is 17.6 Å². The van der Waals surface area contributed by atoms with Crippen molar-refractivity contribution >= 4 is 23.4 Å². The molecule has 0 fully saturated rings. The van der Waals surface area contributed by atoms with Crippen molar-refractivity contribution in [2.24, 2.45) is 0 Å². The van der Waals surface area contributed by atoms with E-state index < -0.39 is 4.92 Å². The Labute approximate surface area is 132 Å². The number of non-ortho nitro benzene ring substituents is 1. The Hall–Kier alpha value is -2.34. The monoisotopic (exact) mass is 317 g/mol. The van der Waals surface area contributed by atoms with Crippen LogP contribution in [-0.2, 0) is 10.5 Å². The first-order chi connectivity index (χ1) is 10.5. The molecular weight excluding hydrogens is 302 g/mol. The highest BCUT2D eigenvalue weighted by atomic mass is 32.2. The van der Waals surface area contributed by atoms with Gasteiger partial charge >= 0.3 is 5.97 Å². The zero-order chi connectivity index (χ0) is 16.1. The number of hydrogen-bond donors (Lipinski definition) is 0. The van der Waals surface area contributed by atoms with Gasteiger partial charge in [0, 0.05) is 22.8 Å². The summed E-state index contributed by atoms with van der Waals surface area (Å²) >= 11 is 1.62. The molecule has 0 aliphatic rings. The van der Waals surface area contributed by atoms with Crippen LogP contribution in [-0.4, -0.2) is 18.0 Å². The van der Waals surface area contributed by atoms with Gasteiger partial charge in [-0.15, -0.1) is 11.8 Å². The van der Waals surface area contributed by atoms with Gasteiger partial charge in [0.2, 0.25) is 0 Å². The second-order valence-corrected chi connectivity index (χ2v) is 5.70. The highest BCUT2D eigenvalue weighted by Gasteiger charge is 2.09. The molecule has 0 atom stereocenters. The number of carbonyl (C=O) groups is 1. The Morgan fingerprint density at radius 1 is 1.23 bits per heavy atom. The number of thioether (sulfide) groups is 1. The van der Waals surface area contributed by atoms with E-state index >= 15 is 0 Å². The lowest BCUT2D eigenvalue weighted by molar-refractivity contribution is -0.384. The molecule has 22 heavy (non-hydrogen) atoms. The van der Waals surface area contributed by atoms with Gasteiger partial charge in [0.1, 0.15) is 0 Å². The Morgan fingerprint density at radius 2 is 1.91 bits per heavy atom. The molecule has 0 heterocycles. The first-order valence-electron chi connectivity index (χ1n) is 6.56. The second-order valence-electron chi connectivity index (χ2n) is 4.68. The van der Waals surface area contributed by atoms with Gasteiger partial charge in [-0.3, -0.25) is 10.1 Å². The van der Waals surface area contributed by atoms with E-state index in [1.54, 1.807) is 36.0 Å². The highest BCUT2D eigenvalue weighted by Crippen LogP contribution is 2.27. The molecule has 114 valence electrons. The summed E-state index contributed by atoms with van der Waals surface area (Å²) in [5, 5.41) is 10.6. The van der Waals surface area contributed by atoms with Crippen molar-refractivity contribution in [1.29, 1.82) is 0 Å². The van der Waals surface area contributed by atoms with E-state index in [9.17, 15) is 14.9 Å². The summed E-state index contributed by atoms with van der Waals surface area (Å²) in [6, 6.07) is 11.9. The van der Waals surface area contributed by atoms with Crippen molar-refractivity contribution in [2.75, 3.05) is 7.11 Å². The van der Waals surface area contributed by atoms with E-state index in [1.165, 1.54) is 19.2 Å². The van der Waals surface area contributed by atoms with Crippen LogP contribution in [0.5, 0.6) is 0 Å². The summed E-state index contributed by atoms with van der Waals surface area (Å²) in [4.78, 5) is 22.7. The van der Waals surface area contributed by atoms with E-state index in [2.05, 4.69) is 0 Å². The number of nitro benzene ring substituents is 1. The number of carbonyl (C=O) groups excluding carboxylic acids is 1. The molecule has 0 amide bonds. The molecule has 2 aromatic rings. The molecule has 2 rings (SSSR count). The predicted molar refractivity (Wildman–Crippen MR) is 85.2 cm³/mol. The van der Waals surface area contributed by atoms with Gasteiger partial charge in [-0.05, 0) is 36.2 Å². The maximum Gasteiger partial charge on any atom is 0.337 e. The van der Waals surface area contributed by atoms with Crippen LogP contribution in [0.1, 0.15) is 21.5 Å². The average molecular weight is 317 g/mol. The summed E-state index contributed by atoms with van der Waals surface area (Å²) < 4.78 is 4.69. The van der Waals surface area contributed by atoms with Crippen molar-refractivity contribution in [1.82, 2.24) is 0 Å². The predicted octanol–water partition coefficient (Wildman–Crippen LogP) is 3.98. The quantitative estimate of drug-likeness (QED) is 0.361. The minimum absolute atomic E-state index is 0.0901. The lowest BCUT2D eigenvalue weighted by Crippen LogP contribution is -2.01. The van der Waals surface area contributed by atoms with Crippen LogP contribution in [0.4, 0.5) is 5.69 Å². The van der Waals surface area contributed by atoms with E-state index in [4.69, 9.17) is 4.74 Å². The Morgan fingerprint density at radius 3 is 2.45 bits per heavy atom. The van der Waals surface area contributed by atoms with Crippen LogP contribution in [0.25, 0.3) is 0 Å². The normalized spacial score (nSPS) is 10.3. The third-order valence-corrected chi connectivity index (χ3v) is 4.38. The van der Waals surface area contributed by atoms with Crippen molar-refractivity contribution in [3.8, 4) is 0 Å². The number of ether oxygens (including phenoxy) is 1. The molecule has 6 heteroatoms. The number of aryl methyl sites for hydroxylation is 1. The summed E-state index contributed by atoms with van der Waals surface area (Å²) in [6.07, 6.45) is 0. The van der Waals surface area contributed by atoms with Gasteiger partial charge in [-0.1, -0.05) is 12.1 Å². The molecule has 0 radical (unpaired) electrons. The van der Waals surface area contributed by atoms with Gasteiger partial charge < -0.3 is 4.74 Å². The lowest BCUT2D eigenvalue weighted by Gasteiger charge is -2.07. The molecule has 2 aromatic carbocycles. The van der Waals surface area contributed by atoms with Gasteiger partial charge in [0.25, 0.3) is 5.69 Å². The minimum Gasteiger partial charge on any atom is -0.465 e. The number of esters is 1. The fourth-order valence-corrected chi connectivity index (χ4v) is 2.90. The molecular formula is C16H15NO4S. The van der Waals surface area contributed by atoms with Gasteiger partial charge in [-0.25, -0.2) is 4.79 Å². The van der Waals surface area contributed by atoms with E-state index in [-0.39, 0.29) is 11.7 Å². The van der Waals surface area contributed by atoms with Crippen LogP contribution < -0.4 is 0 Å². The van der Waals surface area contributed by atoms with E-state index in [1.807, 2.05) is 13.0 Å². The first-order valence-corrected chi connectivity index (χ1v) is 7.55. The summed E-state index contributed by atoms with van der Waals surface area (Å²) in [5.41, 5.74) is 2.62. The largest absolute Gasteiger partial charge is 0.465 e. The maximum absolute atomic E-state index is 11.5. The topological polar surface area (TPSA) is 69.4 Å². The van der Waals surface area contributed by atoms with Crippen molar-refractivity contribution in [3.05, 3.63) is 69.3 Å². The number of benzene rings is 2. The summed E-state index contributed by atoms with van der Waals surface area (Å²) in [5.74, 6) is 0.353. The van der Waals surface area contributed by atoms with Crippen LogP contribution in [0.3, 0.4) is 0 Å². The number of nitrogens with zero attached hydrogens (tertiary/aromatic N) is 1. The zero-order valence-corrected chi connectivity index (χ0v) is 13.1. The Bertz CT molecular complexity index is 698. The maximum atomic E-state index is 11.5. The highest BCUT2D eigenvalue weighted by molar-refractivity contribution is 7.98. The molecule has 0 aromatic heterocycles. The van der Waals surface area contributed by atoms with Crippen LogP contribution in [0.15, 0.2) is 47.4 Å². The lowest BCUT2D eigenvalue weighted by atomic mass is 10.1. The van der Waals surface area contributed by atoms with Crippen LogP contribution in [0.2, 0.25) is 0 Å². The molecule has 0 saturated carbocycles. The van der Waals surface area contributed by atoms with Gasteiger partial charge in [0.15, 0.2) is 0 Å². The van der Waals surface area contributed by atoms with E-state index in [0.29, 0.717) is 11.3 Å². The Balaban J connectivity index is 2.05. The fourth-order valence-electron chi connectivity index (χ4n) is 1.93. The number of nitro groups is 1. The Kier molecular flexibility index (Phi) is 5.16. The molecule has 0 N–H and O–H groups in total. The molecule has 5 nitrogen and oxygen atoms in total. The molecule has 0 aliphatic carbocycles. The smallest absolute Gasteiger partial charge is 0.337 e. The van der Waals surface area contributed by atoms with Crippen molar-refractivity contribution in [2.45, 2.75) is 17.6 Å². The molecule has 0 saturated heterocycles. The summed E-state index contributed by atoms with van der Waals surface area (Å²) in [6.45, 7) is 1.94. The molecule has 0 bridgehead atoms. The third-order valence-electron chi connectivity index (χ3n) is 3.14. The standard InChI is InChI=1S/C16H15NO4S/c1-11-9-13(16(18)21-2)5-8-15(11)22-10-12-3-6-14(7-4-12)17(19)20/h3-9H,10H2,1-2H3. The first kappa shape index (κ1) is 16.0. The third kappa shape index (κ3) is 3.85. The van der Waals surface area contributed by atoms with E-state index in [0.717, 1.165) is 16.0 Å². The number of rotatable bonds is 5. The van der Waals surface area contributed by atoms with Crippen molar-refractivity contribution < 1.29 is 14.5 Å². The number of methoxy groups -OCH3 is 1. The van der Waals surface area contributed by atoms with Crippen LogP contribution in [0, 0.1) is 17.0 Å². The average Bonchev–Trinajstić information content (AvgIpc) is 2.53. The molecule has 0 spiro atoms. The zero-order valence-electron chi connectivity index (χ0n) is 12.2. The number of hydrogen-bond acceptors (Lipinski definition) is 5. The molecule has 0 aliphatic heterocycles. The molecule has 0 unspecified atom stereocenters. The van der Waals surface area contributed by atoms with Crippen molar-refractivity contribution in [3.63, 3.8) is 0 Å². The SMILES string of the molecule is COC(=O)c1ccc(SCc2ccc([N+](=O)[O-])cc2)c(C)c1. The summed E-state index contributed by atoms with van der Waals surface area (Å²) in [7, 11) is 1.36. The fraction of sp³-hybridized carbons (Fsp3) is 0.188.